The van der Waals surface area contributed by atoms with Crippen molar-refractivity contribution in [2.45, 2.75) is 13.3 Å². The van der Waals surface area contributed by atoms with Crippen LogP contribution >= 0.6 is 11.3 Å². The molecule has 0 aliphatic carbocycles. The van der Waals surface area contributed by atoms with Gasteiger partial charge in [0, 0.05) is 18.8 Å². The minimum Gasteiger partial charge on any atom is -0.350 e. The molecule has 6 heteroatoms. The highest BCUT2D eigenvalue weighted by Crippen LogP contribution is 2.14. The van der Waals surface area contributed by atoms with Crippen LogP contribution in [0.4, 0.5) is 5.13 Å². The standard InChI is InChI=1S/C10H13N3O2S/c1-3-4-5-11-9(15)8-6-16-10(13-8)12-7(2)14/h3,6H,1,4-5H2,2H3,(H,11,15)(H,12,13,14). The molecular weight excluding hydrogens is 226 g/mol. The predicted octanol–water partition coefficient (Wildman–Crippen LogP) is 1.41. The fraction of sp³-hybridized carbons (Fsp3) is 0.300. The van der Waals surface area contributed by atoms with Crippen LogP contribution in [0.1, 0.15) is 23.8 Å². The molecule has 1 rings (SSSR count). The zero-order chi connectivity index (χ0) is 12.0. The summed E-state index contributed by atoms with van der Waals surface area (Å²) in [5.74, 6) is -0.442. The van der Waals surface area contributed by atoms with Crippen molar-refractivity contribution < 1.29 is 9.59 Å². The highest BCUT2D eigenvalue weighted by Gasteiger charge is 2.10. The first-order valence-electron chi connectivity index (χ1n) is 4.75. The Morgan fingerprint density at radius 2 is 2.38 bits per heavy atom. The van der Waals surface area contributed by atoms with Crippen LogP contribution in [-0.2, 0) is 4.79 Å². The lowest BCUT2D eigenvalue weighted by molar-refractivity contribution is -0.114. The van der Waals surface area contributed by atoms with Crippen LogP contribution in [0.2, 0.25) is 0 Å². The molecule has 0 radical (unpaired) electrons. The molecule has 1 aromatic heterocycles. The van der Waals surface area contributed by atoms with E-state index in [1.807, 2.05) is 0 Å². The number of hydrogen-bond acceptors (Lipinski definition) is 4. The van der Waals surface area contributed by atoms with E-state index < -0.39 is 0 Å². The average Bonchev–Trinajstić information content (AvgIpc) is 2.65. The van der Waals surface area contributed by atoms with E-state index in [0.717, 1.165) is 0 Å². The molecule has 86 valence electrons. The summed E-state index contributed by atoms with van der Waals surface area (Å²) in [6.07, 6.45) is 2.44. The zero-order valence-corrected chi connectivity index (χ0v) is 9.76. The third kappa shape index (κ3) is 3.82. The monoisotopic (exact) mass is 239 g/mol. The van der Waals surface area contributed by atoms with Crippen molar-refractivity contribution in [2.24, 2.45) is 0 Å². The highest BCUT2D eigenvalue weighted by atomic mass is 32.1. The smallest absolute Gasteiger partial charge is 0.270 e. The first kappa shape index (κ1) is 12.4. The maximum absolute atomic E-state index is 11.5. The van der Waals surface area contributed by atoms with Crippen molar-refractivity contribution in [2.75, 3.05) is 11.9 Å². The number of nitrogens with one attached hydrogen (secondary N) is 2. The van der Waals surface area contributed by atoms with Gasteiger partial charge in [0.25, 0.3) is 5.91 Å². The zero-order valence-electron chi connectivity index (χ0n) is 8.95. The van der Waals surface area contributed by atoms with Gasteiger partial charge in [-0.05, 0) is 6.42 Å². The Hall–Kier alpha value is -1.69. The molecule has 0 saturated heterocycles. The van der Waals surface area contributed by atoms with Gasteiger partial charge in [-0.2, -0.15) is 0 Å². The molecule has 0 unspecified atom stereocenters. The molecule has 16 heavy (non-hydrogen) atoms. The lowest BCUT2D eigenvalue weighted by atomic mass is 10.4. The molecule has 0 spiro atoms. The Bertz CT molecular complexity index is 401. The Balaban J connectivity index is 2.52. The van der Waals surface area contributed by atoms with Crippen LogP contribution in [0.25, 0.3) is 0 Å². The third-order valence-electron chi connectivity index (χ3n) is 1.65. The van der Waals surface area contributed by atoms with Gasteiger partial charge in [-0.1, -0.05) is 6.08 Å². The molecule has 1 aromatic rings. The minimum absolute atomic E-state index is 0.201. The highest BCUT2D eigenvalue weighted by molar-refractivity contribution is 7.14. The summed E-state index contributed by atoms with van der Waals surface area (Å²) in [6.45, 7) is 5.49. The van der Waals surface area contributed by atoms with Gasteiger partial charge in [0.05, 0.1) is 0 Å². The van der Waals surface area contributed by atoms with Crippen molar-refractivity contribution in [3.63, 3.8) is 0 Å². The van der Waals surface area contributed by atoms with Crippen LogP contribution in [0.15, 0.2) is 18.0 Å². The second-order valence-corrected chi connectivity index (χ2v) is 3.91. The number of anilines is 1. The van der Waals surface area contributed by atoms with E-state index in [1.54, 1.807) is 11.5 Å². The molecule has 5 nitrogen and oxygen atoms in total. The number of rotatable bonds is 5. The molecule has 0 aliphatic heterocycles. The molecule has 0 bridgehead atoms. The topological polar surface area (TPSA) is 71.1 Å². The fourth-order valence-electron chi connectivity index (χ4n) is 0.964. The molecule has 2 N–H and O–H groups in total. The molecule has 0 fully saturated rings. The van der Waals surface area contributed by atoms with Gasteiger partial charge in [-0.3, -0.25) is 9.59 Å². The summed E-state index contributed by atoms with van der Waals surface area (Å²) in [7, 11) is 0. The minimum atomic E-state index is -0.241. The largest absolute Gasteiger partial charge is 0.350 e. The Kier molecular flexibility index (Phi) is 4.65. The van der Waals surface area contributed by atoms with Crippen molar-refractivity contribution >= 4 is 28.3 Å². The Morgan fingerprint density at radius 3 is 3.00 bits per heavy atom. The number of nitrogens with zero attached hydrogens (tertiary/aromatic N) is 1. The van der Waals surface area contributed by atoms with Gasteiger partial charge in [0.15, 0.2) is 5.13 Å². The summed E-state index contributed by atoms with van der Waals surface area (Å²) in [6, 6.07) is 0. The van der Waals surface area contributed by atoms with Crippen LogP contribution in [0, 0.1) is 0 Å². The Labute approximate surface area is 97.6 Å². The van der Waals surface area contributed by atoms with Gasteiger partial charge in [0.2, 0.25) is 5.91 Å². The van der Waals surface area contributed by atoms with Gasteiger partial charge >= 0.3 is 0 Å². The Morgan fingerprint density at radius 1 is 1.62 bits per heavy atom. The number of amides is 2. The molecular formula is C10H13N3O2S. The van der Waals surface area contributed by atoms with Crippen LogP contribution in [-0.4, -0.2) is 23.3 Å². The second kappa shape index (κ2) is 6.02. The number of hydrogen-bond donors (Lipinski definition) is 2. The van der Waals surface area contributed by atoms with Crippen LogP contribution in [0.3, 0.4) is 0 Å². The van der Waals surface area contributed by atoms with E-state index >= 15 is 0 Å². The van der Waals surface area contributed by atoms with Crippen molar-refractivity contribution in [1.29, 1.82) is 0 Å². The van der Waals surface area contributed by atoms with Gasteiger partial charge < -0.3 is 10.6 Å². The summed E-state index contributed by atoms with van der Waals surface area (Å²) >= 11 is 1.22. The first-order valence-corrected chi connectivity index (χ1v) is 5.63. The lowest BCUT2D eigenvalue weighted by Gasteiger charge is -1.99. The summed E-state index contributed by atoms with van der Waals surface area (Å²) in [5.41, 5.74) is 0.317. The maximum Gasteiger partial charge on any atom is 0.270 e. The second-order valence-electron chi connectivity index (χ2n) is 3.05. The number of carbonyl (C=O) groups excluding carboxylic acids is 2. The van der Waals surface area contributed by atoms with E-state index in [1.165, 1.54) is 18.3 Å². The quantitative estimate of drug-likeness (QED) is 0.603. The van der Waals surface area contributed by atoms with E-state index in [0.29, 0.717) is 23.8 Å². The molecule has 2 amide bonds. The van der Waals surface area contributed by atoms with Gasteiger partial charge in [-0.25, -0.2) is 4.98 Å². The van der Waals surface area contributed by atoms with Crippen molar-refractivity contribution in [3.05, 3.63) is 23.7 Å². The fourth-order valence-corrected chi connectivity index (χ4v) is 1.70. The van der Waals surface area contributed by atoms with Gasteiger partial charge in [0.1, 0.15) is 5.69 Å². The molecule has 0 aromatic carbocycles. The molecule has 0 saturated carbocycles. The number of carbonyl (C=O) groups is 2. The van der Waals surface area contributed by atoms with E-state index in [-0.39, 0.29) is 11.8 Å². The third-order valence-corrected chi connectivity index (χ3v) is 2.41. The van der Waals surface area contributed by atoms with Gasteiger partial charge in [-0.15, -0.1) is 17.9 Å². The van der Waals surface area contributed by atoms with E-state index in [2.05, 4.69) is 22.2 Å². The van der Waals surface area contributed by atoms with Crippen LogP contribution in [0.5, 0.6) is 0 Å². The average molecular weight is 239 g/mol. The summed E-state index contributed by atoms with van der Waals surface area (Å²) in [5, 5.41) is 7.24. The van der Waals surface area contributed by atoms with Crippen molar-refractivity contribution in [3.8, 4) is 0 Å². The van der Waals surface area contributed by atoms with Crippen molar-refractivity contribution in [1.82, 2.24) is 10.3 Å². The molecule has 1 heterocycles. The molecule has 0 atom stereocenters. The van der Waals surface area contributed by atoms with E-state index in [4.69, 9.17) is 0 Å². The summed E-state index contributed by atoms with van der Waals surface area (Å²) in [4.78, 5) is 26.2. The molecule has 0 aliphatic rings. The van der Waals surface area contributed by atoms with E-state index in [9.17, 15) is 9.59 Å². The predicted molar refractivity (Wildman–Crippen MR) is 63.6 cm³/mol. The van der Waals surface area contributed by atoms with Crippen LogP contribution < -0.4 is 10.6 Å². The SMILES string of the molecule is C=CCCNC(=O)c1csc(NC(C)=O)n1. The lowest BCUT2D eigenvalue weighted by Crippen LogP contribution is -2.24. The first-order chi connectivity index (χ1) is 7.63. The number of thiazole rings is 1. The normalized spacial score (nSPS) is 9.56. The summed E-state index contributed by atoms with van der Waals surface area (Å²) < 4.78 is 0. The number of aromatic nitrogens is 1. The maximum atomic E-state index is 11.5.